The first-order chi connectivity index (χ1) is 7.36. The number of rotatable bonds is 7. The maximum absolute atomic E-state index is 5.40. The molecule has 1 aromatic rings. The van der Waals surface area contributed by atoms with Gasteiger partial charge in [-0.2, -0.15) is 5.10 Å². The molecular formula is C10H18N4O. The van der Waals surface area contributed by atoms with Crippen LogP contribution in [-0.2, 0) is 6.42 Å². The topological polar surface area (TPSA) is 87.0 Å². The normalized spacial score (nSPS) is 10.3. The van der Waals surface area contributed by atoms with Gasteiger partial charge in [0, 0.05) is 12.6 Å². The van der Waals surface area contributed by atoms with E-state index in [1.807, 2.05) is 12.1 Å². The van der Waals surface area contributed by atoms with Crippen molar-refractivity contribution in [2.45, 2.75) is 19.3 Å². The Labute approximate surface area is 89.8 Å². The van der Waals surface area contributed by atoms with Crippen LogP contribution in [0, 0.1) is 0 Å². The summed E-state index contributed by atoms with van der Waals surface area (Å²) >= 11 is 0. The number of unbranched alkanes of at least 4 members (excludes halogenated alkanes) is 1. The van der Waals surface area contributed by atoms with Gasteiger partial charge in [-0.25, -0.2) is 0 Å². The lowest BCUT2D eigenvalue weighted by Gasteiger charge is -2.03. The molecule has 0 aliphatic carbocycles. The van der Waals surface area contributed by atoms with Gasteiger partial charge in [-0.1, -0.05) is 0 Å². The van der Waals surface area contributed by atoms with Crippen molar-refractivity contribution in [3.05, 3.63) is 17.8 Å². The second-order valence-electron chi connectivity index (χ2n) is 3.25. The number of nitrogens with two attached hydrogens (primary N) is 2. The smallest absolute Gasteiger partial charge is 0.233 e. The van der Waals surface area contributed by atoms with E-state index >= 15 is 0 Å². The van der Waals surface area contributed by atoms with Crippen LogP contribution in [0.5, 0.6) is 5.88 Å². The van der Waals surface area contributed by atoms with Gasteiger partial charge in [-0.05, 0) is 31.9 Å². The number of nitrogens with zero attached hydrogens (tertiary/aromatic N) is 2. The van der Waals surface area contributed by atoms with Gasteiger partial charge in [-0.15, -0.1) is 5.10 Å². The number of hydrogen-bond acceptors (Lipinski definition) is 5. The molecule has 0 aliphatic heterocycles. The fourth-order valence-electron chi connectivity index (χ4n) is 1.17. The van der Waals surface area contributed by atoms with E-state index < -0.39 is 0 Å². The minimum absolute atomic E-state index is 0.473. The van der Waals surface area contributed by atoms with E-state index in [1.165, 1.54) is 0 Å². The maximum Gasteiger partial charge on any atom is 0.233 e. The quantitative estimate of drug-likeness (QED) is 0.623. The fraction of sp³-hybridized carbons (Fsp3) is 0.600. The number of ether oxygens (including phenoxy) is 1. The molecule has 4 N–H and O–H groups in total. The summed E-state index contributed by atoms with van der Waals surface area (Å²) in [5.74, 6) is 0.531. The molecule has 0 fully saturated rings. The van der Waals surface area contributed by atoms with Crippen molar-refractivity contribution in [1.82, 2.24) is 10.2 Å². The molecule has 0 amide bonds. The van der Waals surface area contributed by atoms with E-state index in [1.54, 1.807) is 0 Å². The first-order valence-electron chi connectivity index (χ1n) is 5.22. The van der Waals surface area contributed by atoms with Crippen molar-refractivity contribution < 1.29 is 4.74 Å². The average Bonchev–Trinajstić information content (AvgIpc) is 2.28. The molecule has 5 nitrogen and oxygen atoms in total. The molecule has 0 radical (unpaired) electrons. The van der Waals surface area contributed by atoms with Gasteiger partial charge in [0.25, 0.3) is 0 Å². The Balaban J connectivity index is 2.35. The van der Waals surface area contributed by atoms with E-state index in [0.717, 1.165) is 31.5 Å². The zero-order chi connectivity index (χ0) is 10.9. The zero-order valence-electron chi connectivity index (χ0n) is 8.85. The van der Waals surface area contributed by atoms with Gasteiger partial charge in [-0.3, -0.25) is 0 Å². The SMILES string of the molecule is NCCCCc1ccc(OCCN)nn1. The van der Waals surface area contributed by atoms with Gasteiger partial charge in [0.05, 0.1) is 5.69 Å². The summed E-state index contributed by atoms with van der Waals surface area (Å²) in [4.78, 5) is 0. The molecule has 15 heavy (non-hydrogen) atoms. The summed E-state index contributed by atoms with van der Waals surface area (Å²) in [6.07, 6.45) is 2.99. The van der Waals surface area contributed by atoms with Gasteiger partial charge >= 0.3 is 0 Å². The minimum atomic E-state index is 0.473. The highest BCUT2D eigenvalue weighted by molar-refractivity contribution is 5.11. The van der Waals surface area contributed by atoms with Crippen molar-refractivity contribution in [3.8, 4) is 5.88 Å². The molecule has 84 valence electrons. The van der Waals surface area contributed by atoms with Crippen LogP contribution in [0.4, 0.5) is 0 Å². The largest absolute Gasteiger partial charge is 0.475 e. The van der Waals surface area contributed by atoms with Crippen molar-refractivity contribution in [1.29, 1.82) is 0 Å². The second-order valence-corrected chi connectivity index (χ2v) is 3.25. The third kappa shape index (κ3) is 4.71. The predicted octanol–water partition coefficient (Wildman–Crippen LogP) is 0.0955. The van der Waals surface area contributed by atoms with Gasteiger partial charge in [0.1, 0.15) is 6.61 Å². The minimum Gasteiger partial charge on any atom is -0.475 e. The van der Waals surface area contributed by atoms with Gasteiger partial charge < -0.3 is 16.2 Å². The second kappa shape index (κ2) is 7.14. The Morgan fingerprint density at radius 1 is 1.07 bits per heavy atom. The summed E-state index contributed by atoms with van der Waals surface area (Å²) in [5, 5.41) is 7.98. The standard InChI is InChI=1S/C10H18N4O/c11-6-2-1-3-9-4-5-10(14-13-9)15-8-7-12/h4-5H,1-3,6-8,11-12H2. The van der Waals surface area contributed by atoms with Crippen LogP contribution >= 0.6 is 0 Å². The third-order valence-electron chi connectivity index (χ3n) is 1.95. The molecule has 5 heteroatoms. The molecule has 0 spiro atoms. The number of aryl methyl sites for hydroxylation is 1. The van der Waals surface area contributed by atoms with E-state index in [4.69, 9.17) is 16.2 Å². The van der Waals surface area contributed by atoms with Crippen LogP contribution in [0.1, 0.15) is 18.5 Å². The highest BCUT2D eigenvalue weighted by Gasteiger charge is 1.98. The third-order valence-corrected chi connectivity index (χ3v) is 1.95. The first kappa shape index (κ1) is 11.9. The van der Waals surface area contributed by atoms with Crippen LogP contribution in [0.15, 0.2) is 12.1 Å². The van der Waals surface area contributed by atoms with Crippen molar-refractivity contribution in [3.63, 3.8) is 0 Å². The maximum atomic E-state index is 5.40. The summed E-state index contributed by atoms with van der Waals surface area (Å²) < 4.78 is 5.22. The lowest BCUT2D eigenvalue weighted by atomic mass is 10.2. The van der Waals surface area contributed by atoms with Crippen molar-refractivity contribution in [2.75, 3.05) is 19.7 Å². The molecule has 0 saturated heterocycles. The molecule has 0 atom stereocenters. The van der Waals surface area contributed by atoms with E-state index in [0.29, 0.717) is 19.0 Å². The molecule has 1 aromatic heterocycles. The lowest BCUT2D eigenvalue weighted by molar-refractivity contribution is 0.311. The van der Waals surface area contributed by atoms with E-state index in [-0.39, 0.29) is 0 Å². The first-order valence-corrected chi connectivity index (χ1v) is 5.22. The summed E-state index contributed by atoms with van der Waals surface area (Å²) in [7, 11) is 0. The number of hydrogen-bond donors (Lipinski definition) is 2. The average molecular weight is 210 g/mol. The van der Waals surface area contributed by atoms with Crippen LogP contribution < -0.4 is 16.2 Å². The summed E-state index contributed by atoms with van der Waals surface area (Å²) in [6.45, 7) is 1.69. The van der Waals surface area contributed by atoms with E-state index in [2.05, 4.69) is 10.2 Å². The molecule has 0 aliphatic rings. The molecule has 0 unspecified atom stereocenters. The van der Waals surface area contributed by atoms with Crippen molar-refractivity contribution >= 4 is 0 Å². The summed E-state index contributed by atoms with van der Waals surface area (Å²) in [5.41, 5.74) is 11.7. The highest BCUT2D eigenvalue weighted by atomic mass is 16.5. The Kier molecular flexibility index (Phi) is 5.65. The van der Waals surface area contributed by atoms with Crippen LogP contribution in [-0.4, -0.2) is 29.9 Å². The Hall–Kier alpha value is -1.20. The Bertz CT molecular complexity index is 263. The van der Waals surface area contributed by atoms with Gasteiger partial charge in [0.2, 0.25) is 5.88 Å². The lowest BCUT2D eigenvalue weighted by Crippen LogP contribution is -2.11. The molecular weight excluding hydrogens is 192 g/mol. The predicted molar refractivity (Wildman–Crippen MR) is 58.6 cm³/mol. The van der Waals surface area contributed by atoms with Crippen molar-refractivity contribution in [2.24, 2.45) is 11.5 Å². The molecule has 0 bridgehead atoms. The molecule has 0 saturated carbocycles. The Morgan fingerprint density at radius 2 is 1.93 bits per heavy atom. The molecule has 0 aromatic carbocycles. The van der Waals surface area contributed by atoms with Crippen LogP contribution in [0.3, 0.4) is 0 Å². The van der Waals surface area contributed by atoms with E-state index in [9.17, 15) is 0 Å². The molecule has 1 heterocycles. The monoisotopic (exact) mass is 210 g/mol. The van der Waals surface area contributed by atoms with Crippen LogP contribution in [0.25, 0.3) is 0 Å². The fourth-order valence-corrected chi connectivity index (χ4v) is 1.17. The Morgan fingerprint density at radius 3 is 2.53 bits per heavy atom. The molecule has 1 rings (SSSR count). The van der Waals surface area contributed by atoms with Gasteiger partial charge in [0.15, 0.2) is 0 Å². The number of aromatic nitrogens is 2. The highest BCUT2D eigenvalue weighted by Crippen LogP contribution is 2.06. The summed E-state index contributed by atoms with van der Waals surface area (Å²) in [6, 6.07) is 3.75. The van der Waals surface area contributed by atoms with Crippen LogP contribution in [0.2, 0.25) is 0 Å². The zero-order valence-corrected chi connectivity index (χ0v) is 8.85.